The van der Waals surface area contributed by atoms with E-state index < -0.39 is 6.09 Å². The minimum absolute atomic E-state index is 0.156. The van der Waals surface area contributed by atoms with E-state index >= 15 is 0 Å². The van der Waals surface area contributed by atoms with Crippen molar-refractivity contribution in [2.75, 3.05) is 19.7 Å². The monoisotopic (exact) mass is 419 g/mol. The van der Waals surface area contributed by atoms with Crippen molar-refractivity contribution in [2.24, 2.45) is 0 Å². The van der Waals surface area contributed by atoms with E-state index in [1.807, 2.05) is 12.1 Å². The molecule has 1 saturated heterocycles. The standard InChI is InChI=1S/C26H29NO4/c28-15-3-4-19-7-11-22(12-8-19)24-13-14-27(26(29)30)17-25(24)31-18-20-9-10-21-5-1-2-6-23(21)16-20/h1-2,5-12,16,24-25,28H,3-4,13-15,17-18H2,(H,29,30). The molecular formula is C26H29NO4. The molecule has 31 heavy (non-hydrogen) atoms. The van der Waals surface area contributed by atoms with E-state index in [4.69, 9.17) is 9.84 Å². The van der Waals surface area contributed by atoms with Gasteiger partial charge in [0.25, 0.3) is 0 Å². The summed E-state index contributed by atoms with van der Waals surface area (Å²) in [7, 11) is 0. The first kappa shape index (κ1) is 21.3. The quantitative estimate of drug-likeness (QED) is 0.576. The molecule has 0 aliphatic carbocycles. The molecule has 1 fully saturated rings. The van der Waals surface area contributed by atoms with Gasteiger partial charge in [-0.25, -0.2) is 4.79 Å². The summed E-state index contributed by atoms with van der Waals surface area (Å²) >= 11 is 0. The molecule has 2 atom stereocenters. The lowest BCUT2D eigenvalue weighted by Gasteiger charge is -2.37. The Balaban J connectivity index is 1.49. The van der Waals surface area contributed by atoms with Crippen LogP contribution in [0, 0.1) is 0 Å². The zero-order valence-corrected chi connectivity index (χ0v) is 17.6. The van der Waals surface area contributed by atoms with Gasteiger partial charge in [-0.1, -0.05) is 60.7 Å². The third-order valence-electron chi connectivity index (χ3n) is 6.14. The molecule has 0 bridgehead atoms. The fraction of sp³-hybridized carbons (Fsp3) is 0.346. The van der Waals surface area contributed by atoms with Crippen molar-refractivity contribution in [3.63, 3.8) is 0 Å². The van der Waals surface area contributed by atoms with Gasteiger partial charge in [0.15, 0.2) is 0 Å². The highest BCUT2D eigenvalue weighted by molar-refractivity contribution is 5.82. The number of fused-ring (bicyclic) bond motifs is 1. The zero-order chi connectivity index (χ0) is 21.6. The number of carbonyl (C=O) groups is 1. The second-order valence-corrected chi connectivity index (χ2v) is 8.22. The topological polar surface area (TPSA) is 70.0 Å². The van der Waals surface area contributed by atoms with Crippen LogP contribution < -0.4 is 0 Å². The Hall–Kier alpha value is -2.89. The van der Waals surface area contributed by atoms with Crippen LogP contribution in [-0.2, 0) is 17.8 Å². The number of aliphatic hydroxyl groups excluding tert-OH is 1. The molecule has 5 heteroatoms. The van der Waals surface area contributed by atoms with Crippen LogP contribution in [0.3, 0.4) is 0 Å². The lowest BCUT2D eigenvalue weighted by molar-refractivity contribution is -0.0199. The van der Waals surface area contributed by atoms with Gasteiger partial charge in [0.05, 0.1) is 19.3 Å². The number of nitrogens with zero attached hydrogens (tertiary/aromatic N) is 1. The van der Waals surface area contributed by atoms with Crippen LogP contribution in [0.25, 0.3) is 10.8 Å². The number of hydrogen-bond acceptors (Lipinski definition) is 3. The average molecular weight is 420 g/mol. The molecule has 2 N–H and O–H groups in total. The molecule has 162 valence electrons. The third kappa shape index (κ3) is 5.24. The number of aliphatic hydroxyl groups is 1. The predicted octanol–water partition coefficient (Wildman–Crippen LogP) is 4.82. The van der Waals surface area contributed by atoms with Crippen LogP contribution in [0.5, 0.6) is 0 Å². The summed E-state index contributed by atoms with van der Waals surface area (Å²) in [5.41, 5.74) is 3.47. The maximum atomic E-state index is 11.6. The minimum atomic E-state index is -0.892. The van der Waals surface area contributed by atoms with E-state index in [1.54, 1.807) is 0 Å². The molecule has 0 spiro atoms. The number of likely N-dealkylation sites (tertiary alicyclic amines) is 1. The second-order valence-electron chi connectivity index (χ2n) is 8.22. The minimum Gasteiger partial charge on any atom is -0.465 e. The molecule has 0 radical (unpaired) electrons. The molecular weight excluding hydrogens is 390 g/mol. The molecule has 3 aromatic carbocycles. The summed E-state index contributed by atoms with van der Waals surface area (Å²) in [5, 5.41) is 20.9. The van der Waals surface area contributed by atoms with E-state index in [2.05, 4.69) is 54.6 Å². The highest BCUT2D eigenvalue weighted by atomic mass is 16.5. The molecule has 0 saturated carbocycles. The number of hydrogen-bond donors (Lipinski definition) is 2. The maximum Gasteiger partial charge on any atom is 0.407 e. The van der Waals surface area contributed by atoms with E-state index in [1.165, 1.54) is 26.8 Å². The fourth-order valence-electron chi connectivity index (χ4n) is 4.39. The number of carboxylic acid groups (broad SMARTS) is 1. The Morgan fingerprint density at radius 3 is 2.48 bits per heavy atom. The normalized spacial score (nSPS) is 18.9. The van der Waals surface area contributed by atoms with Gasteiger partial charge < -0.3 is 19.8 Å². The largest absolute Gasteiger partial charge is 0.465 e. The Bertz CT molecular complexity index is 1020. The van der Waals surface area contributed by atoms with Crippen LogP contribution in [0.15, 0.2) is 66.7 Å². The average Bonchev–Trinajstić information content (AvgIpc) is 2.81. The predicted molar refractivity (Wildman–Crippen MR) is 121 cm³/mol. The highest BCUT2D eigenvalue weighted by Crippen LogP contribution is 2.32. The summed E-state index contributed by atoms with van der Waals surface area (Å²) in [6.07, 6.45) is 1.27. The first-order valence-electron chi connectivity index (χ1n) is 10.9. The van der Waals surface area contributed by atoms with Crippen molar-refractivity contribution in [1.29, 1.82) is 0 Å². The molecule has 2 unspecified atom stereocenters. The van der Waals surface area contributed by atoms with Gasteiger partial charge >= 0.3 is 6.09 Å². The van der Waals surface area contributed by atoms with E-state index in [0.29, 0.717) is 19.7 Å². The number of ether oxygens (including phenoxy) is 1. The van der Waals surface area contributed by atoms with Crippen LogP contribution in [0.4, 0.5) is 4.79 Å². The van der Waals surface area contributed by atoms with E-state index in [9.17, 15) is 9.90 Å². The summed E-state index contributed by atoms with van der Waals surface area (Å²) in [5.74, 6) is 0.156. The summed E-state index contributed by atoms with van der Waals surface area (Å²) in [6, 6.07) is 23.0. The number of amides is 1. The number of piperidine rings is 1. The van der Waals surface area contributed by atoms with E-state index in [-0.39, 0.29) is 18.6 Å². The Labute approximate surface area is 182 Å². The second kappa shape index (κ2) is 9.94. The fourth-order valence-corrected chi connectivity index (χ4v) is 4.39. The van der Waals surface area contributed by atoms with Gasteiger partial charge in [-0.2, -0.15) is 0 Å². The van der Waals surface area contributed by atoms with Crippen LogP contribution in [-0.4, -0.2) is 47.0 Å². The maximum absolute atomic E-state index is 11.6. The molecule has 1 heterocycles. The highest BCUT2D eigenvalue weighted by Gasteiger charge is 2.33. The van der Waals surface area contributed by atoms with Crippen molar-refractivity contribution >= 4 is 16.9 Å². The molecule has 4 rings (SSSR count). The van der Waals surface area contributed by atoms with Crippen molar-refractivity contribution < 1.29 is 19.7 Å². The van der Waals surface area contributed by atoms with Gasteiger partial charge in [-0.15, -0.1) is 0 Å². The van der Waals surface area contributed by atoms with Crippen LogP contribution in [0.2, 0.25) is 0 Å². The molecule has 3 aromatic rings. The van der Waals surface area contributed by atoms with Gasteiger partial charge in [-0.05, 0) is 52.8 Å². The molecule has 1 aliphatic heterocycles. The van der Waals surface area contributed by atoms with Crippen LogP contribution in [0.1, 0.15) is 35.4 Å². The number of benzene rings is 3. The molecule has 1 amide bonds. The SMILES string of the molecule is O=C(O)N1CCC(c2ccc(CCCO)cc2)C(OCc2ccc3ccccc3c2)C1. The van der Waals surface area contributed by atoms with Gasteiger partial charge in [0.1, 0.15) is 0 Å². The smallest absolute Gasteiger partial charge is 0.407 e. The molecule has 0 aromatic heterocycles. The Morgan fingerprint density at radius 1 is 1.00 bits per heavy atom. The lowest BCUT2D eigenvalue weighted by atomic mass is 9.86. The van der Waals surface area contributed by atoms with Gasteiger partial charge in [0.2, 0.25) is 0 Å². The first-order chi connectivity index (χ1) is 15.1. The number of rotatable bonds is 7. The summed E-state index contributed by atoms with van der Waals surface area (Å²) in [6.45, 7) is 1.54. The van der Waals surface area contributed by atoms with E-state index in [0.717, 1.165) is 24.8 Å². The Morgan fingerprint density at radius 2 is 1.74 bits per heavy atom. The lowest BCUT2D eigenvalue weighted by Crippen LogP contribution is -2.46. The molecule has 1 aliphatic rings. The molecule has 5 nitrogen and oxygen atoms in total. The first-order valence-corrected chi connectivity index (χ1v) is 10.9. The van der Waals surface area contributed by atoms with Crippen molar-refractivity contribution in [3.8, 4) is 0 Å². The van der Waals surface area contributed by atoms with Crippen LogP contribution >= 0.6 is 0 Å². The summed E-state index contributed by atoms with van der Waals surface area (Å²) in [4.78, 5) is 13.0. The van der Waals surface area contributed by atoms with Gasteiger partial charge in [-0.3, -0.25) is 0 Å². The third-order valence-corrected chi connectivity index (χ3v) is 6.14. The Kier molecular flexibility index (Phi) is 6.85. The number of aryl methyl sites for hydroxylation is 1. The van der Waals surface area contributed by atoms with Crippen molar-refractivity contribution in [2.45, 2.75) is 37.9 Å². The van der Waals surface area contributed by atoms with Crippen molar-refractivity contribution in [1.82, 2.24) is 4.90 Å². The van der Waals surface area contributed by atoms with Gasteiger partial charge in [0, 0.05) is 19.1 Å². The summed E-state index contributed by atoms with van der Waals surface area (Å²) < 4.78 is 6.32. The zero-order valence-electron chi connectivity index (χ0n) is 17.6. The van der Waals surface area contributed by atoms with Crippen molar-refractivity contribution in [3.05, 3.63) is 83.4 Å².